The molecule has 0 bridgehead atoms. The van der Waals surface area contributed by atoms with Crippen molar-refractivity contribution in [2.45, 2.75) is 26.7 Å². The second-order valence-corrected chi connectivity index (χ2v) is 4.17. The van der Waals surface area contributed by atoms with Crippen LogP contribution in [0.1, 0.15) is 32.3 Å². The first-order chi connectivity index (χ1) is 6.00. The highest BCUT2D eigenvalue weighted by atomic mass is 35.5. The summed E-state index contributed by atoms with van der Waals surface area (Å²) in [6.45, 7) is 6.31. The number of hydrogen-bond donors (Lipinski definition) is 0. The van der Waals surface area contributed by atoms with Gasteiger partial charge in [0, 0.05) is 5.02 Å². The summed E-state index contributed by atoms with van der Waals surface area (Å²) in [4.78, 5) is 0. The van der Waals surface area contributed by atoms with Gasteiger partial charge in [0.1, 0.15) is 5.82 Å². The Bertz CT molecular complexity index is 274. The number of hydrogen-bond acceptors (Lipinski definition) is 0. The van der Waals surface area contributed by atoms with Crippen molar-refractivity contribution in [3.05, 3.63) is 34.6 Å². The van der Waals surface area contributed by atoms with Crippen molar-refractivity contribution < 1.29 is 4.39 Å². The van der Waals surface area contributed by atoms with Gasteiger partial charge < -0.3 is 0 Å². The molecule has 0 aliphatic rings. The van der Waals surface area contributed by atoms with Gasteiger partial charge in [-0.1, -0.05) is 32.4 Å². The van der Waals surface area contributed by atoms with E-state index in [1.54, 1.807) is 6.07 Å². The Morgan fingerprint density at radius 1 is 1.15 bits per heavy atom. The van der Waals surface area contributed by atoms with Gasteiger partial charge in [-0.15, -0.1) is 0 Å². The lowest BCUT2D eigenvalue weighted by Gasteiger charge is -2.16. The normalized spacial score (nSPS) is 13.4. The molecule has 0 aliphatic heterocycles. The van der Waals surface area contributed by atoms with Gasteiger partial charge >= 0.3 is 0 Å². The summed E-state index contributed by atoms with van der Waals surface area (Å²) in [5.74, 6) is 0.584. The van der Waals surface area contributed by atoms with Gasteiger partial charge in [0.05, 0.1) is 0 Å². The average molecular weight is 201 g/mol. The first-order valence-electron chi connectivity index (χ1n) is 4.46. The zero-order valence-corrected chi connectivity index (χ0v) is 8.90. The maximum absolute atomic E-state index is 13.0. The van der Waals surface area contributed by atoms with E-state index in [1.165, 1.54) is 6.07 Å². The lowest BCUT2D eigenvalue weighted by atomic mass is 9.90. The van der Waals surface area contributed by atoms with E-state index in [0.29, 0.717) is 16.9 Å². The van der Waals surface area contributed by atoms with Crippen molar-refractivity contribution in [2.24, 2.45) is 5.92 Å². The number of rotatable bonds is 2. The smallest absolute Gasteiger partial charge is 0.124 e. The Kier molecular flexibility index (Phi) is 3.32. The van der Waals surface area contributed by atoms with E-state index in [0.717, 1.165) is 5.56 Å². The fraction of sp³-hybridized carbons (Fsp3) is 0.455. The van der Waals surface area contributed by atoms with Crippen LogP contribution in [-0.4, -0.2) is 0 Å². The highest BCUT2D eigenvalue weighted by Crippen LogP contribution is 2.26. The quantitative estimate of drug-likeness (QED) is 0.670. The van der Waals surface area contributed by atoms with Crippen LogP contribution in [0.5, 0.6) is 0 Å². The topological polar surface area (TPSA) is 0 Å². The summed E-state index contributed by atoms with van der Waals surface area (Å²) >= 11 is 5.76. The van der Waals surface area contributed by atoms with Crippen molar-refractivity contribution in [1.82, 2.24) is 0 Å². The van der Waals surface area contributed by atoms with Gasteiger partial charge in [-0.25, -0.2) is 4.39 Å². The highest BCUT2D eigenvalue weighted by molar-refractivity contribution is 6.30. The Morgan fingerprint density at radius 2 is 1.77 bits per heavy atom. The maximum Gasteiger partial charge on any atom is 0.124 e. The molecule has 0 saturated carbocycles. The fourth-order valence-electron chi connectivity index (χ4n) is 1.22. The standard InChI is InChI=1S/C11H14ClF/c1-7(2)8(3)9-4-10(12)6-11(13)5-9/h4-8H,1-3H3/t8-/m1/s1. The van der Waals surface area contributed by atoms with Gasteiger partial charge in [-0.3, -0.25) is 0 Å². The van der Waals surface area contributed by atoms with E-state index in [4.69, 9.17) is 11.6 Å². The lowest BCUT2D eigenvalue weighted by Crippen LogP contribution is -2.02. The third-order valence-electron chi connectivity index (χ3n) is 2.41. The molecule has 13 heavy (non-hydrogen) atoms. The fourth-order valence-corrected chi connectivity index (χ4v) is 1.45. The minimum absolute atomic E-state index is 0.255. The van der Waals surface area contributed by atoms with Crippen molar-refractivity contribution >= 4 is 11.6 Å². The van der Waals surface area contributed by atoms with E-state index >= 15 is 0 Å². The molecular weight excluding hydrogens is 187 g/mol. The molecule has 1 rings (SSSR count). The Morgan fingerprint density at radius 3 is 2.23 bits per heavy atom. The molecule has 1 aromatic carbocycles. The van der Waals surface area contributed by atoms with Gasteiger partial charge in [-0.2, -0.15) is 0 Å². The molecular formula is C11H14ClF. The van der Waals surface area contributed by atoms with Crippen molar-refractivity contribution in [1.29, 1.82) is 0 Å². The SMILES string of the molecule is CC(C)[C@@H](C)c1cc(F)cc(Cl)c1. The molecule has 72 valence electrons. The monoisotopic (exact) mass is 200 g/mol. The molecule has 0 heterocycles. The second-order valence-electron chi connectivity index (χ2n) is 3.74. The summed E-state index contributed by atoms with van der Waals surface area (Å²) in [5.41, 5.74) is 0.972. The summed E-state index contributed by atoms with van der Waals surface area (Å²) < 4.78 is 13.0. The molecule has 0 radical (unpaired) electrons. The lowest BCUT2D eigenvalue weighted by molar-refractivity contribution is 0.530. The maximum atomic E-state index is 13.0. The molecule has 0 aliphatic carbocycles. The van der Waals surface area contributed by atoms with Gasteiger partial charge in [0.15, 0.2) is 0 Å². The van der Waals surface area contributed by atoms with E-state index in [-0.39, 0.29) is 5.82 Å². The van der Waals surface area contributed by atoms with Crippen molar-refractivity contribution in [3.63, 3.8) is 0 Å². The largest absolute Gasteiger partial charge is 0.207 e. The average Bonchev–Trinajstić information content (AvgIpc) is 2.01. The Hall–Kier alpha value is -0.560. The van der Waals surface area contributed by atoms with Crippen LogP contribution in [0.2, 0.25) is 5.02 Å². The zero-order valence-electron chi connectivity index (χ0n) is 8.14. The highest BCUT2D eigenvalue weighted by Gasteiger charge is 2.11. The molecule has 0 unspecified atom stereocenters. The van der Waals surface area contributed by atoms with Gasteiger partial charge in [-0.05, 0) is 35.6 Å². The first kappa shape index (κ1) is 10.5. The van der Waals surface area contributed by atoms with E-state index in [2.05, 4.69) is 20.8 Å². The van der Waals surface area contributed by atoms with Crippen molar-refractivity contribution in [2.75, 3.05) is 0 Å². The third kappa shape index (κ3) is 2.70. The third-order valence-corrected chi connectivity index (χ3v) is 2.63. The Labute approximate surface area is 83.7 Å². The number of halogens is 2. The van der Waals surface area contributed by atoms with Crippen LogP contribution in [0, 0.1) is 11.7 Å². The van der Waals surface area contributed by atoms with Gasteiger partial charge in [0.2, 0.25) is 0 Å². The summed E-state index contributed by atoms with van der Waals surface area (Å²) in [5, 5.41) is 0.475. The molecule has 2 heteroatoms. The summed E-state index contributed by atoms with van der Waals surface area (Å²) in [6.07, 6.45) is 0. The molecule has 0 spiro atoms. The molecule has 0 saturated heterocycles. The molecule has 0 amide bonds. The summed E-state index contributed by atoms with van der Waals surface area (Å²) in [7, 11) is 0. The van der Waals surface area contributed by atoms with Crippen LogP contribution in [0.4, 0.5) is 4.39 Å². The molecule has 0 aromatic heterocycles. The van der Waals surface area contributed by atoms with Crippen LogP contribution in [0.3, 0.4) is 0 Å². The minimum atomic E-state index is -0.255. The Balaban J connectivity index is 3.01. The molecule has 0 N–H and O–H groups in total. The van der Waals surface area contributed by atoms with Crippen LogP contribution >= 0.6 is 11.6 Å². The summed E-state index contributed by atoms with van der Waals surface area (Å²) in [6, 6.07) is 4.71. The molecule has 0 fully saturated rings. The second kappa shape index (κ2) is 4.10. The van der Waals surface area contributed by atoms with Crippen LogP contribution in [-0.2, 0) is 0 Å². The van der Waals surface area contributed by atoms with Crippen LogP contribution < -0.4 is 0 Å². The molecule has 1 aromatic rings. The van der Waals surface area contributed by atoms with Crippen LogP contribution in [0.25, 0.3) is 0 Å². The van der Waals surface area contributed by atoms with Crippen molar-refractivity contribution in [3.8, 4) is 0 Å². The number of benzene rings is 1. The predicted molar refractivity (Wildman–Crippen MR) is 54.7 cm³/mol. The van der Waals surface area contributed by atoms with E-state index < -0.39 is 0 Å². The zero-order chi connectivity index (χ0) is 10.0. The van der Waals surface area contributed by atoms with E-state index in [1.807, 2.05) is 6.07 Å². The predicted octanol–water partition coefficient (Wildman–Crippen LogP) is 4.24. The van der Waals surface area contributed by atoms with Gasteiger partial charge in [0.25, 0.3) is 0 Å². The molecule has 0 nitrogen and oxygen atoms in total. The van der Waals surface area contributed by atoms with E-state index in [9.17, 15) is 4.39 Å². The molecule has 1 atom stereocenters. The minimum Gasteiger partial charge on any atom is -0.207 e. The first-order valence-corrected chi connectivity index (χ1v) is 4.84. The van der Waals surface area contributed by atoms with Crippen LogP contribution in [0.15, 0.2) is 18.2 Å².